The van der Waals surface area contributed by atoms with Gasteiger partial charge < -0.3 is 4.90 Å². The summed E-state index contributed by atoms with van der Waals surface area (Å²) in [7, 11) is 0. The van der Waals surface area contributed by atoms with Gasteiger partial charge in [-0.3, -0.25) is 4.99 Å². The van der Waals surface area contributed by atoms with Crippen LogP contribution < -0.4 is 0 Å². The van der Waals surface area contributed by atoms with Crippen LogP contribution in [0.1, 0.15) is 12.0 Å². The van der Waals surface area contributed by atoms with E-state index >= 15 is 0 Å². The number of benzene rings is 4. The largest absolute Gasteiger partial charge is 0.359 e. The molecule has 0 aliphatic carbocycles. The lowest BCUT2D eigenvalue weighted by Crippen LogP contribution is -2.26. The Morgan fingerprint density at radius 3 is 2.36 bits per heavy atom. The van der Waals surface area contributed by atoms with E-state index in [1.165, 1.54) is 37.9 Å². The molecule has 0 saturated carbocycles. The van der Waals surface area contributed by atoms with Crippen molar-refractivity contribution >= 4 is 38.7 Å². The van der Waals surface area contributed by atoms with Gasteiger partial charge in [-0.25, -0.2) is 0 Å². The quantitative estimate of drug-likeness (QED) is 0.452. The van der Waals surface area contributed by atoms with E-state index < -0.39 is 0 Å². The van der Waals surface area contributed by atoms with Crippen molar-refractivity contribution in [2.75, 3.05) is 13.1 Å². The van der Waals surface area contributed by atoms with Gasteiger partial charge in [-0.2, -0.15) is 0 Å². The highest BCUT2D eigenvalue weighted by atomic mass is 15.2. The van der Waals surface area contributed by atoms with E-state index in [-0.39, 0.29) is 0 Å². The van der Waals surface area contributed by atoms with Crippen molar-refractivity contribution in [1.29, 1.82) is 0 Å². The van der Waals surface area contributed by atoms with Crippen LogP contribution in [0.2, 0.25) is 0 Å². The van der Waals surface area contributed by atoms with Gasteiger partial charge in [-0.15, -0.1) is 0 Å². The zero-order valence-electron chi connectivity index (χ0n) is 14.2. The fraction of sp³-hybridized carbons (Fsp3) is 0.174. The summed E-state index contributed by atoms with van der Waals surface area (Å²) in [5.74, 6) is 0. The first-order valence-electron chi connectivity index (χ1n) is 8.96. The van der Waals surface area contributed by atoms with Gasteiger partial charge in [0.1, 0.15) is 0 Å². The fourth-order valence-electron chi connectivity index (χ4n) is 4.00. The molecule has 122 valence electrons. The molecule has 0 unspecified atom stereocenters. The summed E-state index contributed by atoms with van der Waals surface area (Å²) >= 11 is 0. The normalized spacial score (nSPS) is 14.6. The predicted molar refractivity (Wildman–Crippen MR) is 107 cm³/mol. The van der Waals surface area contributed by atoms with Crippen LogP contribution in [0.3, 0.4) is 0 Å². The van der Waals surface area contributed by atoms with Crippen molar-refractivity contribution < 1.29 is 0 Å². The molecule has 2 nitrogen and oxygen atoms in total. The molecule has 1 aliphatic rings. The second-order valence-electron chi connectivity index (χ2n) is 6.81. The molecule has 2 heteroatoms. The smallest absolute Gasteiger partial charge is 0.0852 e. The van der Waals surface area contributed by atoms with E-state index in [0.717, 1.165) is 26.1 Å². The zero-order chi connectivity index (χ0) is 16.6. The molecule has 0 bridgehead atoms. The number of hydrogen-bond acceptors (Lipinski definition) is 2. The van der Waals surface area contributed by atoms with Crippen molar-refractivity contribution in [2.45, 2.75) is 13.0 Å². The first kappa shape index (κ1) is 14.5. The Hall–Kier alpha value is -2.87. The van der Waals surface area contributed by atoms with Crippen molar-refractivity contribution in [1.82, 2.24) is 4.90 Å². The zero-order valence-corrected chi connectivity index (χ0v) is 14.2. The second-order valence-corrected chi connectivity index (χ2v) is 6.81. The van der Waals surface area contributed by atoms with Gasteiger partial charge in [0.05, 0.1) is 6.34 Å². The van der Waals surface area contributed by atoms with E-state index in [1.807, 2.05) is 6.34 Å². The Balaban J connectivity index is 1.80. The van der Waals surface area contributed by atoms with Gasteiger partial charge in [-0.05, 0) is 50.4 Å². The molecule has 0 aromatic heterocycles. The lowest BCUT2D eigenvalue weighted by molar-refractivity contribution is 0.403. The lowest BCUT2D eigenvalue weighted by Gasteiger charge is -2.23. The number of hydrogen-bond donors (Lipinski definition) is 0. The summed E-state index contributed by atoms with van der Waals surface area (Å²) in [5.41, 5.74) is 1.38. The summed E-state index contributed by atoms with van der Waals surface area (Å²) in [4.78, 5) is 6.78. The first-order chi connectivity index (χ1) is 12.4. The summed E-state index contributed by atoms with van der Waals surface area (Å²) in [6.07, 6.45) is 3.16. The van der Waals surface area contributed by atoms with Gasteiger partial charge in [0.15, 0.2) is 0 Å². The number of rotatable bonds is 2. The highest BCUT2D eigenvalue weighted by molar-refractivity contribution is 6.18. The van der Waals surface area contributed by atoms with Crippen LogP contribution in [0.15, 0.2) is 71.7 Å². The van der Waals surface area contributed by atoms with Crippen LogP contribution in [-0.2, 0) is 6.54 Å². The van der Waals surface area contributed by atoms with Crippen molar-refractivity contribution in [2.24, 2.45) is 4.99 Å². The van der Waals surface area contributed by atoms with Gasteiger partial charge in [0.2, 0.25) is 0 Å². The first-order valence-corrected chi connectivity index (χ1v) is 8.96. The summed E-state index contributed by atoms with van der Waals surface area (Å²) in [6, 6.07) is 24.4. The molecule has 0 fully saturated rings. The minimum atomic E-state index is 0.920. The molecule has 4 aromatic carbocycles. The Morgan fingerprint density at radius 2 is 1.52 bits per heavy atom. The molecule has 1 heterocycles. The fourth-order valence-corrected chi connectivity index (χ4v) is 4.00. The molecule has 5 rings (SSSR count). The van der Waals surface area contributed by atoms with Gasteiger partial charge in [0.25, 0.3) is 0 Å². The van der Waals surface area contributed by atoms with E-state index in [1.54, 1.807) is 0 Å². The summed E-state index contributed by atoms with van der Waals surface area (Å²) in [5, 5.41) is 8.01. The summed E-state index contributed by atoms with van der Waals surface area (Å²) in [6.45, 7) is 2.97. The molecule has 25 heavy (non-hydrogen) atoms. The molecule has 0 atom stereocenters. The molecule has 0 spiro atoms. The average Bonchev–Trinajstić information content (AvgIpc) is 2.69. The predicted octanol–water partition coefficient (Wildman–Crippen LogP) is 5.38. The monoisotopic (exact) mass is 324 g/mol. The third-order valence-corrected chi connectivity index (χ3v) is 5.20. The Labute approximate surface area is 147 Å². The SMILES string of the molecule is C1=NCCCN1Cc1cc2c3ccccc3ccc2c2ccccc12. The molecule has 4 aromatic rings. The van der Waals surface area contributed by atoms with Crippen LogP contribution in [0, 0.1) is 0 Å². The molecule has 0 radical (unpaired) electrons. The minimum absolute atomic E-state index is 0.920. The van der Waals surface area contributed by atoms with E-state index in [4.69, 9.17) is 0 Å². The lowest BCUT2D eigenvalue weighted by atomic mass is 9.93. The van der Waals surface area contributed by atoms with Gasteiger partial charge >= 0.3 is 0 Å². The Bertz CT molecular complexity index is 1110. The highest BCUT2D eigenvalue weighted by Gasteiger charge is 2.12. The van der Waals surface area contributed by atoms with Crippen LogP contribution in [0.4, 0.5) is 0 Å². The van der Waals surface area contributed by atoms with Gasteiger partial charge in [-0.1, -0.05) is 60.7 Å². The van der Waals surface area contributed by atoms with E-state index in [2.05, 4.69) is 76.6 Å². The van der Waals surface area contributed by atoms with Crippen molar-refractivity contribution in [3.05, 3.63) is 72.3 Å². The number of fused-ring (bicyclic) bond motifs is 5. The molecule has 0 saturated heterocycles. The standard InChI is InChI=1S/C23H20N2/c1-2-7-19-17(6-1)10-11-22-21-9-4-3-8-20(21)18(14-23(19)22)15-25-13-5-12-24-16-25/h1-4,6-11,14,16H,5,12-13,15H2. The maximum atomic E-state index is 4.45. The molecule has 0 N–H and O–H groups in total. The highest BCUT2D eigenvalue weighted by Crippen LogP contribution is 2.34. The topological polar surface area (TPSA) is 15.6 Å². The second kappa shape index (κ2) is 5.89. The minimum Gasteiger partial charge on any atom is -0.359 e. The van der Waals surface area contributed by atoms with Crippen LogP contribution in [0.25, 0.3) is 32.3 Å². The molecular formula is C23H20N2. The Kier molecular flexibility index (Phi) is 3.41. The van der Waals surface area contributed by atoms with E-state index in [0.29, 0.717) is 0 Å². The summed E-state index contributed by atoms with van der Waals surface area (Å²) < 4.78 is 0. The van der Waals surface area contributed by atoms with Crippen molar-refractivity contribution in [3.8, 4) is 0 Å². The Morgan fingerprint density at radius 1 is 0.760 bits per heavy atom. The third kappa shape index (κ3) is 2.45. The maximum absolute atomic E-state index is 4.45. The maximum Gasteiger partial charge on any atom is 0.0852 e. The molecule has 1 aliphatic heterocycles. The van der Waals surface area contributed by atoms with Crippen LogP contribution >= 0.6 is 0 Å². The van der Waals surface area contributed by atoms with Crippen LogP contribution in [0.5, 0.6) is 0 Å². The third-order valence-electron chi connectivity index (χ3n) is 5.20. The number of aliphatic imine (C=N–C) groups is 1. The van der Waals surface area contributed by atoms with Gasteiger partial charge in [0, 0.05) is 19.6 Å². The molecule has 0 amide bonds. The van der Waals surface area contributed by atoms with E-state index in [9.17, 15) is 0 Å². The average molecular weight is 324 g/mol. The van der Waals surface area contributed by atoms with Crippen LogP contribution in [-0.4, -0.2) is 24.3 Å². The number of nitrogens with zero attached hydrogens (tertiary/aromatic N) is 2. The molecular weight excluding hydrogens is 304 g/mol. The van der Waals surface area contributed by atoms with Crippen molar-refractivity contribution in [3.63, 3.8) is 0 Å².